The number of nitrogens with two attached hydrogens (primary N) is 1. The van der Waals surface area contributed by atoms with Gasteiger partial charge >= 0.3 is 0 Å². The summed E-state index contributed by atoms with van der Waals surface area (Å²) in [7, 11) is -3.81. The van der Waals surface area contributed by atoms with E-state index >= 15 is 0 Å². The predicted molar refractivity (Wildman–Crippen MR) is 119 cm³/mol. The van der Waals surface area contributed by atoms with Gasteiger partial charge in [-0.3, -0.25) is 0 Å². The second-order valence-electron chi connectivity index (χ2n) is 7.93. The average molecular weight is 425 g/mol. The molecule has 0 amide bonds. The van der Waals surface area contributed by atoms with Crippen LogP contribution in [0.5, 0.6) is 0 Å². The second-order valence-corrected chi connectivity index (χ2v) is 9.81. The van der Waals surface area contributed by atoms with Gasteiger partial charge in [-0.05, 0) is 47.2 Å². The standard InChI is InChI=1S/C23H28N4O2S/c1-4-23(2,3)19-13-11-18(12-14-19)16-27(17-20-8-7-9-21(24)26-20)30(28,29)22-10-5-6-15-25-22/h5-15H,4,16-17H2,1-3H3,(H2,24,26). The van der Waals surface area contributed by atoms with Gasteiger partial charge in [-0.2, -0.15) is 4.31 Å². The van der Waals surface area contributed by atoms with Crippen molar-refractivity contribution in [2.24, 2.45) is 0 Å². The highest BCUT2D eigenvalue weighted by atomic mass is 32.2. The van der Waals surface area contributed by atoms with Crippen LogP contribution in [0.1, 0.15) is 44.0 Å². The van der Waals surface area contributed by atoms with E-state index in [1.807, 2.05) is 12.1 Å². The van der Waals surface area contributed by atoms with Gasteiger partial charge < -0.3 is 5.73 Å². The van der Waals surface area contributed by atoms with Gasteiger partial charge in [0, 0.05) is 12.7 Å². The lowest BCUT2D eigenvalue weighted by molar-refractivity contribution is 0.395. The van der Waals surface area contributed by atoms with Gasteiger partial charge in [-0.25, -0.2) is 18.4 Å². The molecule has 0 aliphatic carbocycles. The van der Waals surface area contributed by atoms with E-state index in [0.717, 1.165) is 12.0 Å². The van der Waals surface area contributed by atoms with Crippen molar-refractivity contribution >= 4 is 15.8 Å². The van der Waals surface area contributed by atoms with Gasteiger partial charge in [-0.15, -0.1) is 0 Å². The second kappa shape index (κ2) is 8.93. The van der Waals surface area contributed by atoms with E-state index in [4.69, 9.17) is 5.73 Å². The molecule has 2 N–H and O–H groups in total. The number of pyridine rings is 2. The van der Waals surface area contributed by atoms with Crippen LogP contribution in [-0.2, 0) is 28.5 Å². The maximum absolute atomic E-state index is 13.3. The Labute approximate surface area is 178 Å². The number of nitrogen functional groups attached to an aromatic ring is 1. The molecule has 1 aromatic carbocycles. The third kappa shape index (κ3) is 5.04. The zero-order valence-electron chi connectivity index (χ0n) is 17.6. The molecule has 0 radical (unpaired) electrons. The number of rotatable bonds is 8. The summed E-state index contributed by atoms with van der Waals surface area (Å²) >= 11 is 0. The molecule has 0 atom stereocenters. The van der Waals surface area contributed by atoms with Crippen LogP contribution < -0.4 is 5.73 Å². The van der Waals surface area contributed by atoms with Crippen molar-refractivity contribution < 1.29 is 8.42 Å². The van der Waals surface area contributed by atoms with Gasteiger partial charge in [0.15, 0.2) is 5.03 Å². The van der Waals surface area contributed by atoms with Crippen molar-refractivity contribution in [2.45, 2.75) is 50.7 Å². The van der Waals surface area contributed by atoms with E-state index in [1.165, 1.54) is 22.1 Å². The molecule has 2 aromatic heterocycles. The van der Waals surface area contributed by atoms with Crippen molar-refractivity contribution in [2.75, 3.05) is 5.73 Å². The predicted octanol–water partition coefficient (Wildman–Crippen LogP) is 4.14. The molecule has 0 aliphatic rings. The molecule has 0 spiro atoms. The first-order valence-corrected chi connectivity index (χ1v) is 11.4. The smallest absolute Gasteiger partial charge is 0.261 e. The van der Waals surface area contributed by atoms with E-state index < -0.39 is 10.0 Å². The van der Waals surface area contributed by atoms with Crippen LogP contribution in [0.4, 0.5) is 5.82 Å². The highest BCUT2D eigenvalue weighted by Gasteiger charge is 2.27. The lowest BCUT2D eigenvalue weighted by Crippen LogP contribution is -2.31. The SMILES string of the molecule is CCC(C)(C)c1ccc(CN(Cc2cccc(N)n2)S(=O)(=O)c2ccccn2)cc1. The largest absolute Gasteiger partial charge is 0.384 e. The topological polar surface area (TPSA) is 89.2 Å². The van der Waals surface area contributed by atoms with Crippen LogP contribution in [0.15, 0.2) is 71.9 Å². The minimum atomic E-state index is -3.81. The molecule has 0 saturated carbocycles. The summed E-state index contributed by atoms with van der Waals surface area (Å²) in [6.07, 6.45) is 2.50. The number of hydrogen-bond donors (Lipinski definition) is 1. The summed E-state index contributed by atoms with van der Waals surface area (Å²) in [5.74, 6) is 0.355. The molecule has 6 nitrogen and oxygen atoms in total. The molecular weight excluding hydrogens is 396 g/mol. The van der Waals surface area contributed by atoms with E-state index in [0.29, 0.717) is 11.5 Å². The Morgan fingerprint density at radius 1 is 0.967 bits per heavy atom. The molecule has 3 rings (SSSR count). The van der Waals surface area contributed by atoms with Crippen molar-refractivity contribution in [1.82, 2.24) is 14.3 Å². The third-order valence-electron chi connectivity index (χ3n) is 5.39. The fourth-order valence-corrected chi connectivity index (χ4v) is 4.42. The zero-order chi connectivity index (χ0) is 21.8. The number of hydrogen-bond acceptors (Lipinski definition) is 5. The molecule has 30 heavy (non-hydrogen) atoms. The summed E-state index contributed by atoms with van der Waals surface area (Å²) in [6, 6.07) is 18.2. The van der Waals surface area contributed by atoms with Crippen molar-refractivity contribution in [3.05, 3.63) is 83.7 Å². The summed E-state index contributed by atoms with van der Waals surface area (Å²) in [4.78, 5) is 8.33. The van der Waals surface area contributed by atoms with Crippen LogP contribution in [-0.4, -0.2) is 22.7 Å². The lowest BCUT2D eigenvalue weighted by Gasteiger charge is -2.25. The molecule has 0 saturated heterocycles. The highest BCUT2D eigenvalue weighted by Crippen LogP contribution is 2.27. The van der Waals surface area contributed by atoms with E-state index in [1.54, 1.807) is 30.3 Å². The van der Waals surface area contributed by atoms with Crippen molar-refractivity contribution in [1.29, 1.82) is 0 Å². The quantitative estimate of drug-likeness (QED) is 0.587. The van der Waals surface area contributed by atoms with Gasteiger partial charge in [0.05, 0.1) is 12.2 Å². The van der Waals surface area contributed by atoms with Gasteiger partial charge in [0.1, 0.15) is 5.82 Å². The van der Waals surface area contributed by atoms with Gasteiger partial charge in [0.2, 0.25) is 0 Å². The van der Waals surface area contributed by atoms with Crippen molar-refractivity contribution in [3.8, 4) is 0 Å². The fraction of sp³-hybridized carbons (Fsp3) is 0.304. The Bertz CT molecular complexity index is 1080. The maximum Gasteiger partial charge on any atom is 0.261 e. The van der Waals surface area contributed by atoms with Crippen LogP contribution >= 0.6 is 0 Å². The first kappa shape index (κ1) is 21.9. The molecule has 0 unspecified atom stereocenters. The number of nitrogens with zero attached hydrogens (tertiary/aromatic N) is 3. The molecule has 2 heterocycles. The number of sulfonamides is 1. The molecule has 0 aliphatic heterocycles. The Hall–Kier alpha value is -2.77. The monoisotopic (exact) mass is 424 g/mol. The van der Waals surface area contributed by atoms with E-state index in [2.05, 4.69) is 42.9 Å². The summed E-state index contributed by atoms with van der Waals surface area (Å²) in [5.41, 5.74) is 8.57. The van der Waals surface area contributed by atoms with E-state index in [9.17, 15) is 8.42 Å². The number of benzene rings is 1. The van der Waals surface area contributed by atoms with E-state index in [-0.39, 0.29) is 23.5 Å². The van der Waals surface area contributed by atoms with Crippen LogP contribution in [0.25, 0.3) is 0 Å². The molecular formula is C23H28N4O2S. The Morgan fingerprint density at radius 2 is 1.70 bits per heavy atom. The highest BCUT2D eigenvalue weighted by molar-refractivity contribution is 7.89. The zero-order valence-corrected chi connectivity index (χ0v) is 18.4. The summed E-state index contributed by atoms with van der Waals surface area (Å²) in [6.45, 7) is 6.87. The van der Waals surface area contributed by atoms with Crippen LogP contribution in [0.2, 0.25) is 0 Å². The maximum atomic E-state index is 13.3. The summed E-state index contributed by atoms with van der Waals surface area (Å²) < 4.78 is 28.0. The van der Waals surface area contributed by atoms with Crippen LogP contribution in [0.3, 0.4) is 0 Å². The first-order chi connectivity index (χ1) is 14.2. The number of anilines is 1. The Morgan fingerprint density at radius 3 is 2.30 bits per heavy atom. The summed E-state index contributed by atoms with van der Waals surface area (Å²) in [5, 5.41) is 0.0117. The minimum Gasteiger partial charge on any atom is -0.384 e. The average Bonchev–Trinajstić information content (AvgIpc) is 2.74. The molecule has 0 bridgehead atoms. The van der Waals surface area contributed by atoms with Crippen molar-refractivity contribution in [3.63, 3.8) is 0 Å². The Kier molecular flexibility index (Phi) is 6.53. The normalized spacial score (nSPS) is 12.3. The molecule has 0 fully saturated rings. The number of aromatic nitrogens is 2. The van der Waals surface area contributed by atoms with Crippen LogP contribution in [0, 0.1) is 0 Å². The first-order valence-electron chi connectivity index (χ1n) is 9.94. The molecule has 158 valence electrons. The fourth-order valence-electron chi connectivity index (χ4n) is 3.09. The lowest BCUT2D eigenvalue weighted by atomic mass is 9.82. The third-order valence-corrected chi connectivity index (χ3v) is 7.09. The van der Waals surface area contributed by atoms with Gasteiger partial charge in [-0.1, -0.05) is 57.2 Å². The molecule has 7 heteroatoms. The van der Waals surface area contributed by atoms with Gasteiger partial charge in [0.25, 0.3) is 10.0 Å². The Balaban J connectivity index is 1.93. The molecule has 3 aromatic rings. The minimum absolute atomic E-state index is 0.0117.